The van der Waals surface area contributed by atoms with Crippen LogP contribution in [0, 0.1) is 0 Å². The number of hydrogen-bond donors (Lipinski definition) is 0. The van der Waals surface area contributed by atoms with Crippen molar-refractivity contribution >= 4 is 29.7 Å². The molecule has 1 heterocycles. The van der Waals surface area contributed by atoms with Crippen LogP contribution < -0.4 is 0 Å². The van der Waals surface area contributed by atoms with E-state index in [0.717, 1.165) is 11.3 Å². The summed E-state index contributed by atoms with van der Waals surface area (Å²) in [6.07, 6.45) is 3.70. The molecule has 0 bridgehead atoms. The molecule has 5 nitrogen and oxygen atoms in total. The maximum absolute atomic E-state index is 12.2. The highest BCUT2D eigenvalue weighted by Gasteiger charge is 2.19. The van der Waals surface area contributed by atoms with Gasteiger partial charge in [0, 0.05) is 5.02 Å². The van der Waals surface area contributed by atoms with E-state index in [9.17, 15) is 4.79 Å². The van der Waals surface area contributed by atoms with Crippen LogP contribution in [0.1, 0.15) is 28.7 Å². The van der Waals surface area contributed by atoms with E-state index in [1.165, 1.54) is 0 Å². The van der Waals surface area contributed by atoms with Crippen molar-refractivity contribution in [3.05, 3.63) is 76.6 Å². The van der Waals surface area contributed by atoms with E-state index in [4.69, 9.17) is 16.3 Å². The predicted octanol–water partition coefficient (Wildman–Crippen LogP) is 4.27. The van der Waals surface area contributed by atoms with Gasteiger partial charge in [-0.2, -0.15) is 0 Å². The van der Waals surface area contributed by atoms with Crippen LogP contribution in [0.25, 0.3) is 17.8 Å². The Labute approximate surface area is 150 Å². The van der Waals surface area contributed by atoms with Crippen molar-refractivity contribution in [1.82, 2.24) is 15.0 Å². The summed E-state index contributed by atoms with van der Waals surface area (Å²) >= 11 is 5.94. The standard InChI is InChI=1S/C19H16ClN3O2/c1-2-25-19(24)18-17(13-8-14-6-4-3-5-7-14)23(22-21-18)16-11-9-15(20)10-12-16/h3-13H,2H2,1H3/b13-8+. The highest BCUT2D eigenvalue weighted by atomic mass is 35.5. The monoisotopic (exact) mass is 353 g/mol. The van der Waals surface area contributed by atoms with Crippen molar-refractivity contribution in [2.45, 2.75) is 6.92 Å². The van der Waals surface area contributed by atoms with Gasteiger partial charge in [-0.05, 0) is 42.8 Å². The zero-order chi connectivity index (χ0) is 17.6. The minimum absolute atomic E-state index is 0.170. The number of rotatable bonds is 5. The van der Waals surface area contributed by atoms with Gasteiger partial charge >= 0.3 is 5.97 Å². The van der Waals surface area contributed by atoms with Crippen LogP contribution in [-0.2, 0) is 4.74 Å². The van der Waals surface area contributed by atoms with Gasteiger partial charge in [-0.15, -0.1) is 5.10 Å². The molecule has 25 heavy (non-hydrogen) atoms. The zero-order valence-electron chi connectivity index (χ0n) is 13.6. The third kappa shape index (κ3) is 3.95. The molecule has 2 aromatic carbocycles. The third-order valence-corrected chi connectivity index (χ3v) is 3.73. The van der Waals surface area contributed by atoms with Gasteiger partial charge < -0.3 is 4.74 Å². The van der Waals surface area contributed by atoms with E-state index in [0.29, 0.717) is 10.7 Å². The molecule has 0 aliphatic rings. The number of nitrogens with zero attached hydrogens (tertiary/aromatic N) is 3. The Bertz CT molecular complexity index is 887. The van der Waals surface area contributed by atoms with Crippen LogP contribution in [0.3, 0.4) is 0 Å². The summed E-state index contributed by atoms with van der Waals surface area (Å²) in [4.78, 5) is 12.2. The van der Waals surface area contributed by atoms with Gasteiger partial charge in [0.15, 0.2) is 5.69 Å². The smallest absolute Gasteiger partial charge is 0.361 e. The number of ether oxygens (including phenoxy) is 1. The Hall–Kier alpha value is -2.92. The fourth-order valence-corrected chi connectivity index (χ4v) is 2.42. The lowest BCUT2D eigenvalue weighted by molar-refractivity contribution is 0.0519. The summed E-state index contributed by atoms with van der Waals surface area (Å²) in [6.45, 7) is 2.02. The summed E-state index contributed by atoms with van der Waals surface area (Å²) in [7, 11) is 0. The average molecular weight is 354 g/mol. The molecule has 0 saturated carbocycles. The van der Waals surface area contributed by atoms with Crippen LogP contribution in [0.2, 0.25) is 5.02 Å². The molecule has 0 atom stereocenters. The van der Waals surface area contributed by atoms with Gasteiger partial charge in [0.2, 0.25) is 0 Å². The Morgan fingerprint density at radius 1 is 1.12 bits per heavy atom. The predicted molar refractivity (Wildman–Crippen MR) is 97.7 cm³/mol. The maximum Gasteiger partial charge on any atom is 0.361 e. The lowest BCUT2D eigenvalue weighted by Crippen LogP contribution is -2.08. The Balaban J connectivity index is 2.05. The molecule has 0 amide bonds. The number of carbonyl (C=O) groups excluding carboxylic acids is 1. The van der Waals surface area contributed by atoms with E-state index < -0.39 is 5.97 Å². The minimum atomic E-state index is -0.504. The van der Waals surface area contributed by atoms with Crippen molar-refractivity contribution in [2.24, 2.45) is 0 Å². The van der Waals surface area contributed by atoms with Crippen molar-refractivity contribution in [3.63, 3.8) is 0 Å². The van der Waals surface area contributed by atoms with Crippen LogP contribution in [0.15, 0.2) is 54.6 Å². The zero-order valence-corrected chi connectivity index (χ0v) is 14.3. The topological polar surface area (TPSA) is 57.0 Å². The lowest BCUT2D eigenvalue weighted by atomic mass is 10.2. The molecule has 0 aliphatic carbocycles. The summed E-state index contributed by atoms with van der Waals surface area (Å²) in [5.74, 6) is -0.504. The maximum atomic E-state index is 12.2. The van der Waals surface area contributed by atoms with Crippen molar-refractivity contribution in [2.75, 3.05) is 6.61 Å². The molecule has 0 radical (unpaired) electrons. The first-order chi connectivity index (χ1) is 12.2. The Kier molecular flexibility index (Phi) is 5.26. The van der Waals surface area contributed by atoms with Gasteiger partial charge in [-0.3, -0.25) is 0 Å². The van der Waals surface area contributed by atoms with Gasteiger partial charge in [-0.1, -0.05) is 53.2 Å². The molecule has 3 aromatic rings. The quantitative estimate of drug-likeness (QED) is 0.643. The molecule has 0 aliphatic heterocycles. The average Bonchev–Trinajstić information content (AvgIpc) is 3.06. The summed E-state index contributed by atoms with van der Waals surface area (Å²) in [6, 6.07) is 16.9. The molecule has 0 saturated heterocycles. The molecule has 0 spiro atoms. The first kappa shape index (κ1) is 16.9. The summed E-state index contributed by atoms with van der Waals surface area (Å²) in [5.41, 5.74) is 2.47. The number of carbonyl (C=O) groups is 1. The fraction of sp³-hybridized carbons (Fsp3) is 0.105. The lowest BCUT2D eigenvalue weighted by Gasteiger charge is -2.05. The van der Waals surface area contributed by atoms with Crippen LogP contribution in [0.5, 0.6) is 0 Å². The largest absolute Gasteiger partial charge is 0.461 e. The number of hydrogen-bond acceptors (Lipinski definition) is 4. The molecule has 0 unspecified atom stereocenters. The van der Waals surface area contributed by atoms with E-state index in [-0.39, 0.29) is 12.3 Å². The highest BCUT2D eigenvalue weighted by Crippen LogP contribution is 2.19. The second kappa shape index (κ2) is 7.77. The van der Waals surface area contributed by atoms with E-state index in [1.807, 2.05) is 48.5 Å². The van der Waals surface area contributed by atoms with Crippen molar-refractivity contribution in [3.8, 4) is 5.69 Å². The number of esters is 1. The molecule has 0 fully saturated rings. The normalized spacial score (nSPS) is 11.0. The highest BCUT2D eigenvalue weighted by molar-refractivity contribution is 6.30. The van der Waals surface area contributed by atoms with Crippen molar-refractivity contribution < 1.29 is 9.53 Å². The molecular formula is C19H16ClN3O2. The van der Waals surface area contributed by atoms with Crippen LogP contribution >= 0.6 is 11.6 Å². The Morgan fingerprint density at radius 2 is 1.84 bits per heavy atom. The van der Waals surface area contributed by atoms with Gasteiger partial charge in [-0.25, -0.2) is 9.48 Å². The fourth-order valence-electron chi connectivity index (χ4n) is 2.30. The number of aromatic nitrogens is 3. The van der Waals surface area contributed by atoms with Crippen LogP contribution in [-0.4, -0.2) is 27.6 Å². The van der Waals surface area contributed by atoms with Crippen molar-refractivity contribution in [1.29, 1.82) is 0 Å². The van der Waals surface area contributed by atoms with Gasteiger partial charge in [0.1, 0.15) is 5.69 Å². The molecule has 6 heteroatoms. The number of halogens is 1. The summed E-state index contributed by atoms with van der Waals surface area (Å²) < 4.78 is 6.66. The summed E-state index contributed by atoms with van der Waals surface area (Å²) in [5, 5.41) is 8.72. The molecule has 1 aromatic heterocycles. The number of benzene rings is 2. The first-order valence-corrected chi connectivity index (χ1v) is 8.18. The second-order valence-electron chi connectivity index (χ2n) is 5.18. The van der Waals surface area contributed by atoms with Gasteiger partial charge in [0.05, 0.1) is 12.3 Å². The van der Waals surface area contributed by atoms with Crippen LogP contribution in [0.4, 0.5) is 0 Å². The molecular weight excluding hydrogens is 338 g/mol. The van der Waals surface area contributed by atoms with Gasteiger partial charge in [0.25, 0.3) is 0 Å². The van der Waals surface area contributed by atoms with E-state index in [1.54, 1.807) is 29.8 Å². The van der Waals surface area contributed by atoms with E-state index >= 15 is 0 Å². The SMILES string of the molecule is CCOC(=O)c1nnn(-c2ccc(Cl)cc2)c1/C=C/c1ccccc1. The first-order valence-electron chi connectivity index (χ1n) is 7.81. The minimum Gasteiger partial charge on any atom is -0.461 e. The molecule has 0 N–H and O–H groups in total. The molecule has 3 rings (SSSR count). The molecule has 126 valence electrons. The van der Waals surface area contributed by atoms with E-state index in [2.05, 4.69) is 10.3 Å². The second-order valence-corrected chi connectivity index (χ2v) is 5.61. The Morgan fingerprint density at radius 3 is 2.52 bits per heavy atom. The third-order valence-electron chi connectivity index (χ3n) is 3.48.